The van der Waals surface area contributed by atoms with Gasteiger partial charge in [-0.1, -0.05) is 30.3 Å². The molecule has 1 N–H and O–H groups in total. The Morgan fingerprint density at radius 2 is 2.21 bits per heavy atom. The highest BCUT2D eigenvalue weighted by Gasteiger charge is 2.27. The first-order valence-electron chi connectivity index (χ1n) is 8.29. The summed E-state index contributed by atoms with van der Waals surface area (Å²) in [6.45, 7) is 5.30. The van der Waals surface area contributed by atoms with Crippen molar-refractivity contribution in [3.63, 3.8) is 0 Å². The molecule has 3 rings (SSSR count). The Morgan fingerprint density at radius 1 is 1.42 bits per heavy atom. The van der Waals surface area contributed by atoms with Gasteiger partial charge in [-0.2, -0.15) is 5.10 Å². The van der Waals surface area contributed by atoms with Gasteiger partial charge < -0.3 is 10.1 Å². The fraction of sp³-hybridized carbons (Fsp3) is 0.444. The number of carbonyl (C=O) groups excluding carboxylic acids is 1. The number of benzene rings is 1. The molecule has 6 nitrogen and oxygen atoms in total. The lowest BCUT2D eigenvalue weighted by atomic mass is 10.1. The van der Waals surface area contributed by atoms with E-state index in [4.69, 9.17) is 4.74 Å². The van der Waals surface area contributed by atoms with Gasteiger partial charge in [-0.25, -0.2) is 0 Å². The number of morpholine rings is 1. The van der Waals surface area contributed by atoms with Crippen molar-refractivity contribution in [1.29, 1.82) is 0 Å². The summed E-state index contributed by atoms with van der Waals surface area (Å²) in [4.78, 5) is 14.6. The van der Waals surface area contributed by atoms with E-state index in [1.807, 2.05) is 13.0 Å². The Morgan fingerprint density at radius 3 is 2.92 bits per heavy atom. The lowest BCUT2D eigenvalue weighted by molar-refractivity contribution is -0.0449. The van der Waals surface area contributed by atoms with E-state index in [0.717, 1.165) is 19.6 Å². The molecule has 1 amide bonds. The van der Waals surface area contributed by atoms with Crippen LogP contribution in [0.1, 0.15) is 22.8 Å². The van der Waals surface area contributed by atoms with Gasteiger partial charge >= 0.3 is 0 Å². The smallest absolute Gasteiger partial charge is 0.254 e. The lowest BCUT2D eigenvalue weighted by Gasteiger charge is -2.36. The van der Waals surface area contributed by atoms with E-state index in [9.17, 15) is 4.79 Å². The lowest BCUT2D eigenvalue weighted by Crippen LogP contribution is -2.52. The van der Waals surface area contributed by atoms with Gasteiger partial charge in [0.1, 0.15) is 0 Å². The molecule has 128 valence electrons. The van der Waals surface area contributed by atoms with E-state index in [2.05, 4.69) is 39.6 Å². The highest BCUT2D eigenvalue weighted by atomic mass is 16.5. The Balaban J connectivity index is 1.54. The van der Waals surface area contributed by atoms with Crippen LogP contribution in [0.25, 0.3) is 0 Å². The molecule has 1 fully saturated rings. The first kappa shape index (κ1) is 16.7. The molecule has 1 aromatic heterocycles. The Bertz CT molecular complexity index is 671. The van der Waals surface area contributed by atoms with Gasteiger partial charge in [0, 0.05) is 32.9 Å². The van der Waals surface area contributed by atoms with Crippen LogP contribution >= 0.6 is 0 Å². The predicted octanol–water partition coefficient (Wildman–Crippen LogP) is 1.44. The molecule has 0 bridgehead atoms. The highest BCUT2D eigenvalue weighted by Crippen LogP contribution is 2.13. The topological polar surface area (TPSA) is 59.4 Å². The molecule has 0 saturated carbocycles. The van der Waals surface area contributed by atoms with Crippen LogP contribution in [-0.4, -0.2) is 52.4 Å². The molecule has 2 atom stereocenters. The summed E-state index contributed by atoms with van der Waals surface area (Å²) in [6, 6.07) is 10.4. The van der Waals surface area contributed by atoms with Crippen molar-refractivity contribution in [2.45, 2.75) is 25.6 Å². The molecule has 6 heteroatoms. The number of hydrogen-bond donors (Lipinski definition) is 1. The third-order valence-corrected chi connectivity index (χ3v) is 4.31. The third-order valence-electron chi connectivity index (χ3n) is 4.31. The average Bonchev–Trinajstić information content (AvgIpc) is 3.03. The maximum atomic E-state index is 12.3. The number of aryl methyl sites for hydroxylation is 1. The summed E-state index contributed by atoms with van der Waals surface area (Å²) in [5.74, 6) is -0.112. The molecule has 0 aliphatic carbocycles. The van der Waals surface area contributed by atoms with Gasteiger partial charge in [-0.3, -0.25) is 14.4 Å². The standard InChI is InChI=1S/C18H24N4O2/c1-14(20-18(23)16-10-19-21(2)12-16)17-13-22(8-9-24-17)11-15-6-4-3-5-7-15/h3-7,10,12,14,17H,8-9,11,13H2,1-2H3,(H,20,23)/t14-,17+/m0/s1. The SMILES string of the molecule is C[C@H](NC(=O)c1cnn(C)c1)[C@H]1CN(Cc2ccccc2)CCO1. The van der Waals surface area contributed by atoms with Crippen molar-refractivity contribution < 1.29 is 9.53 Å². The molecule has 2 heterocycles. The molecular weight excluding hydrogens is 304 g/mol. The fourth-order valence-corrected chi connectivity index (χ4v) is 2.94. The van der Waals surface area contributed by atoms with Gasteiger partial charge in [0.05, 0.1) is 30.5 Å². The number of ether oxygens (including phenoxy) is 1. The molecule has 1 saturated heterocycles. The van der Waals surface area contributed by atoms with Crippen molar-refractivity contribution in [3.05, 3.63) is 53.9 Å². The van der Waals surface area contributed by atoms with Gasteiger partial charge in [-0.15, -0.1) is 0 Å². The van der Waals surface area contributed by atoms with Crippen molar-refractivity contribution >= 4 is 5.91 Å². The second-order valence-electron chi connectivity index (χ2n) is 6.29. The minimum atomic E-state index is -0.112. The summed E-state index contributed by atoms with van der Waals surface area (Å²) in [6.07, 6.45) is 3.28. The van der Waals surface area contributed by atoms with Crippen molar-refractivity contribution in [2.75, 3.05) is 19.7 Å². The first-order chi connectivity index (χ1) is 11.6. The zero-order chi connectivity index (χ0) is 16.9. The first-order valence-corrected chi connectivity index (χ1v) is 8.29. The summed E-state index contributed by atoms with van der Waals surface area (Å²) < 4.78 is 7.50. The van der Waals surface area contributed by atoms with Crippen molar-refractivity contribution in [1.82, 2.24) is 20.0 Å². The number of rotatable bonds is 5. The van der Waals surface area contributed by atoms with E-state index in [1.165, 1.54) is 5.56 Å². The van der Waals surface area contributed by atoms with Crippen LogP contribution in [0.5, 0.6) is 0 Å². The Hall–Kier alpha value is -2.18. The van der Waals surface area contributed by atoms with Gasteiger partial charge in [0.15, 0.2) is 0 Å². The largest absolute Gasteiger partial charge is 0.373 e. The molecule has 0 spiro atoms. The van der Waals surface area contributed by atoms with E-state index in [1.54, 1.807) is 24.1 Å². The zero-order valence-electron chi connectivity index (χ0n) is 14.2. The second-order valence-corrected chi connectivity index (χ2v) is 6.29. The average molecular weight is 328 g/mol. The number of nitrogens with one attached hydrogen (secondary N) is 1. The van der Waals surface area contributed by atoms with Crippen LogP contribution in [0, 0.1) is 0 Å². The number of hydrogen-bond acceptors (Lipinski definition) is 4. The second kappa shape index (κ2) is 7.59. The van der Waals surface area contributed by atoms with Gasteiger partial charge in [0.2, 0.25) is 0 Å². The molecule has 1 aromatic carbocycles. The van der Waals surface area contributed by atoms with Crippen LogP contribution in [0.2, 0.25) is 0 Å². The van der Waals surface area contributed by atoms with E-state index in [0.29, 0.717) is 12.2 Å². The normalized spacial score (nSPS) is 19.8. The molecule has 1 aliphatic heterocycles. The summed E-state index contributed by atoms with van der Waals surface area (Å²) in [7, 11) is 1.80. The molecule has 0 radical (unpaired) electrons. The Kier molecular flexibility index (Phi) is 5.27. The van der Waals surface area contributed by atoms with Crippen LogP contribution in [0.4, 0.5) is 0 Å². The number of amides is 1. The van der Waals surface area contributed by atoms with Gasteiger partial charge in [0.25, 0.3) is 5.91 Å². The monoisotopic (exact) mass is 328 g/mol. The van der Waals surface area contributed by atoms with Crippen molar-refractivity contribution in [2.24, 2.45) is 7.05 Å². The fourth-order valence-electron chi connectivity index (χ4n) is 2.94. The summed E-state index contributed by atoms with van der Waals surface area (Å²) >= 11 is 0. The van der Waals surface area contributed by atoms with E-state index >= 15 is 0 Å². The number of aromatic nitrogens is 2. The predicted molar refractivity (Wildman–Crippen MR) is 91.6 cm³/mol. The molecule has 0 unspecified atom stereocenters. The molecule has 24 heavy (non-hydrogen) atoms. The van der Waals surface area contributed by atoms with Gasteiger partial charge in [-0.05, 0) is 12.5 Å². The molecule has 2 aromatic rings. The highest BCUT2D eigenvalue weighted by molar-refractivity contribution is 5.93. The van der Waals surface area contributed by atoms with Crippen LogP contribution < -0.4 is 5.32 Å². The molecular formula is C18H24N4O2. The minimum absolute atomic E-state index is 0.0110. The maximum absolute atomic E-state index is 12.3. The quantitative estimate of drug-likeness (QED) is 0.902. The van der Waals surface area contributed by atoms with E-state index < -0.39 is 0 Å². The van der Waals surface area contributed by atoms with Crippen LogP contribution in [-0.2, 0) is 18.3 Å². The van der Waals surface area contributed by atoms with Crippen LogP contribution in [0.3, 0.4) is 0 Å². The number of carbonyl (C=O) groups is 1. The maximum Gasteiger partial charge on any atom is 0.254 e. The third kappa shape index (κ3) is 4.21. The number of nitrogens with zero attached hydrogens (tertiary/aromatic N) is 3. The van der Waals surface area contributed by atoms with Crippen molar-refractivity contribution in [3.8, 4) is 0 Å². The molecule has 1 aliphatic rings. The summed E-state index contributed by atoms with van der Waals surface area (Å²) in [5.41, 5.74) is 1.87. The summed E-state index contributed by atoms with van der Waals surface area (Å²) in [5, 5.41) is 7.05. The zero-order valence-corrected chi connectivity index (χ0v) is 14.2. The minimum Gasteiger partial charge on any atom is -0.373 e. The van der Waals surface area contributed by atoms with E-state index in [-0.39, 0.29) is 18.1 Å². The van der Waals surface area contributed by atoms with Crippen LogP contribution in [0.15, 0.2) is 42.7 Å². The Labute approximate surface area is 142 Å².